The third-order valence-electron chi connectivity index (χ3n) is 3.20. The minimum absolute atomic E-state index is 0.0181. The van der Waals surface area contributed by atoms with E-state index in [9.17, 15) is 4.79 Å². The van der Waals surface area contributed by atoms with Crippen LogP contribution >= 0.6 is 0 Å². The number of aliphatic hydroxyl groups excluding tert-OH is 1. The maximum absolute atomic E-state index is 11.6. The summed E-state index contributed by atoms with van der Waals surface area (Å²) in [4.78, 5) is 11.6. The number of allylic oxidation sites excluding steroid dienone is 6. The highest BCUT2D eigenvalue weighted by molar-refractivity contribution is 5.73. The first-order valence-corrected chi connectivity index (χ1v) is 7.60. The molecule has 1 aromatic rings. The number of carbonyl (C=O) groups is 1. The molecule has 5 nitrogen and oxygen atoms in total. The highest BCUT2D eigenvalue weighted by Crippen LogP contribution is 2.17. The molecule has 5 heteroatoms. The lowest BCUT2D eigenvalue weighted by Gasteiger charge is -2.07. The second kappa shape index (κ2) is 9.47. The molecule has 0 radical (unpaired) electrons. The van der Waals surface area contributed by atoms with Crippen LogP contribution in [0.25, 0.3) is 5.57 Å². The van der Waals surface area contributed by atoms with Crippen molar-refractivity contribution >= 4 is 11.5 Å². The van der Waals surface area contributed by atoms with Crippen molar-refractivity contribution in [3.05, 3.63) is 72.6 Å². The van der Waals surface area contributed by atoms with Crippen LogP contribution in [0.3, 0.4) is 0 Å². The highest BCUT2D eigenvalue weighted by Gasteiger charge is 2.09. The number of esters is 1. The minimum Gasteiger partial charge on any atom is -0.465 e. The second-order valence-electron chi connectivity index (χ2n) is 5.24. The van der Waals surface area contributed by atoms with E-state index in [2.05, 4.69) is 24.8 Å². The van der Waals surface area contributed by atoms with Crippen LogP contribution in [0.15, 0.2) is 66.9 Å². The maximum Gasteiger partial charge on any atom is 0.327 e. The van der Waals surface area contributed by atoms with E-state index in [1.165, 1.54) is 4.68 Å². The Morgan fingerprint density at radius 2 is 2.04 bits per heavy atom. The van der Waals surface area contributed by atoms with Crippen molar-refractivity contribution < 1.29 is 14.6 Å². The first-order chi connectivity index (χ1) is 11.4. The van der Waals surface area contributed by atoms with Crippen molar-refractivity contribution in [2.45, 2.75) is 20.4 Å². The van der Waals surface area contributed by atoms with Gasteiger partial charge < -0.3 is 9.84 Å². The van der Waals surface area contributed by atoms with Gasteiger partial charge in [-0.1, -0.05) is 38.0 Å². The fourth-order valence-corrected chi connectivity index (χ4v) is 1.89. The van der Waals surface area contributed by atoms with Gasteiger partial charge in [0.2, 0.25) is 0 Å². The van der Waals surface area contributed by atoms with Crippen molar-refractivity contribution in [3.8, 4) is 0 Å². The van der Waals surface area contributed by atoms with Gasteiger partial charge in [0, 0.05) is 6.20 Å². The van der Waals surface area contributed by atoms with Crippen molar-refractivity contribution in [1.29, 1.82) is 0 Å². The Morgan fingerprint density at radius 1 is 1.33 bits per heavy atom. The van der Waals surface area contributed by atoms with Gasteiger partial charge in [-0.05, 0) is 42.2 Å². The van der Waals surface area contributed by atoms with Crippen LogP contribution in [0, 0.1) is 0 Å². The molecule has 24 heavy (non-hydrogen) atoms. The molecule has 0 aliphatic heterocycles. The van der Waals surface area contributed by atoms with Crippen LogP contribution in [0.2, 0.25) is 0 Å². The molecule has 0 saturated carbocycles. The van der Waals surface area contributed by atoms with Crippen LogP contribution < -0.4 is 0 Å². The smallest absolute Gasteiger partial charge is 0.327 e. The van der Waals surface area contributed by atoms with Crippen molar-refractivity contribution in [3.63, 3.8) is 0 Å². The van der Waals surface area contributed by atoms with Crippen molar-refractivity contribution in [2.24, 2.45) is 0 Å². The number of carbonyl (C=O) groups excluding carboxylic acids is 1. The van der Waals surface area contributed by atoms with Gasteiger partial charge in [0.05, 0.1) is 18.9 Å². The fraction of sp³-hybridized carbons (Fsp3) is 0.263. The van der Waals surface area contributed by atoms with Gasteiger partial charge in [0.15, 0.2) is 0 Å². The SMILES string of the molecule is C=C(/C=C\C(=C)c1ccnn1CC(=O)OCC)C(=C)/C=C(\C)CO. The highest BCUT2D eigenvalue weighted by atomic mass is 16.5. The number of hydrogen-bond acceptors (Lipinski definition) is 4. The van der Waals surface area contributed by atoms with Crippen LogP contribution in [-0.2, 0) is 16.1 Å². The predicted octanol–water partition coefficient (Wildman–Crippen LogP) is 3.07. The molecule has 0 aliphatic carbocycles. The van der Waals surface area contributed by atoms with E-state index in [-0.39, 0.29) is 19.1 Å². The van der Waals surface area contributed by atoms with Gasteiger partial charge >= 0.3 is 5.97 Å². The van der Waals surface area contributed by atoms with E-state index in [4.69, 9.17) is 9.84 Å². The van der Waals surface area contributed by atoms with Gasteiger partial charge in [-0.15, -0.1) is 0 Å². The van der Waals surface area contributed by atoms with Gasteiger partial charge in [-0.25, -0.2) is 0 Å². The zero-order valence-electron chi connectivity index (χ0n) is 14.3. The van der Waals surface area contributed by atoms with Crippen LogP contribution in [0.5, 0.6) is 0 Å². The minimum atomic E-state index is -0.346. The van der Waals surface area contributed by atoms with E-state index in [0.29, 0.717) is 23.3 Å². The average Bonchev–Trinajstić information content (AvgIpc) is 3.00. The topological polar surface area (TPSA) is 64.4 Å². The molecule has 0 unspecified atom stereocenters. The molecule has 0 amide bonds. The molecule has 0 spiro atoms. The number of ether oxygens (including phenoxy) is 1. The van der Waals surface area contributed by atoms with Crippen molar-refractivity contribution in [2.75, 3.05) is 13.2 Å². The molecule has 0 aliphatic rings. The Morgan fingerprint density at radius 3 is 2.67 bits per heavy atom. The molecule has 0 atom stereocenters. The number of hydrogen-bond donors (Lipinski definition) is 1. The van der Waals surface area contributed by atoms with E-state index >= 15 is 0 Å². The summed E-state index contributed by atoms with van der Waals surface area (Å²) in [5.41, 5.74) is 3.64. The van der Waals surface area contributed by atoms with E-state index in [1.807, 2.05) is 6.92 Å². The zero-order chi connectivity index (χ0) is 18.1. The first-order valence-electron chi connectivity index (χ1n) is 7.60. The molecule has 1 rings (SSSR count). The Bertz CT molecular complexity index is 693. The lowest BCUT2D eigenvalue weighted by molar-refractivity contribution is -0.144. The van der Waals surface area contributed by atoms with Crippen LogP contribution in [-0.4, -0.2) is 34.1 Å². The molecule has 1 heterocycles. The standard InChI is InChI=1S/C19H24N2O3/c1-6-24-19(23)12-21-18(9-10-20-21)16(4)8-7-15(3)17(5)11-14(2)13-22/h7-11,22H,3-6,12-13H2,1-2H3/b8-7-,14-11+. The molecule has 128 valence electrons. The summed E-state index contributed by atoms with van der Waals surface area (Å²) >= 11 is 0. The lowest BCUT2D eigenvalue weighted by Crippen LogP contribution is -2.15. The summed E-state index contributed by atoms with van der Waals surface area (Å²) in [5, 5.41) is 13.1. The summed E-state index contributed by atoms with van der Waals surface area (Å²) < 4.78 is 6.47. The first kappa shape index (κ1) is 19.4. The summed E-state index contributed by atoms with van der Waals surface area (Å²) in [6.07, 6.45) is 6.96. The molecular weight excluding hydrogens is 304 g/mol. The molecule has 0 aromatic carbocycles. The Hall–Kier alpha value is -2.66. The molecule has 0 fully saturated rings. The predicted molar refractivity (Wildman–Crippen MR) is 96.2 cm³/mol. The lowest BCUT2D eigenvalue weighted by atomic mass is 10.0. The second-order valence-corrected chi connectivity index (χ2v) is 5.24. The number of rotatable bonds is 9. The zero-order valence-corrected chi connectivity index (χ0v) is 14.3. The number of aromatic nitrogens is 2. The summed E-state index contributed by atoms with van der Waals surface area (Å²) in [7, 11) is 0. The molecular formula is C19H24N2O3. The normalized spacial score (nSPS) is 11.5. The maximum atomic E-state index is 11.6. The molecule has 0 saturated heterocycles. The Kier molecular flexibility index (Phi) is 7.65. The molecule has 0 bridgehead atoms. The third-order valence-corrected chi connectivity index (χ3v) is 3.20. The van der Waals surface area contributed by atoms with Gasteiger partial charge in [-0.2, -0.15) is 5.10 Å². The summed E-state index contributed by atoms with van der Waals surface area (Å²) in [5.74, 6) is -0.346. The van der Waals surface area contributed by atoms with Crippen LogP contribution in [0.1, 0.15) is 19.5 Å². The Balaban J connectivity index is 2.78. The number of aliphatic hydroxyl groups is 1. The molecule has 1 N–H and O–H groups in total. The average molecular weight is 328 g/mol. The van der Waals surface area contributed by atoms with Gasteiger partial charge in [0.1, 0.15) is 6.54 Å². The van der Waals surface area contributed by atoms with Gasteiger partial charge in [-0.3, -0.25) is 9.48 Å². The largest absolute Gasteiger partial charge is 0.465 e. The number of nitrogens with zero attached hydrogens (tertiary/aromatic N) is 2. The summed E-state index contributed by atoms with van der Waals surface area (Å²) in [6.45, 7) is 15.8. The van der Waals surface area contributed by atoms with E-state index in [0.717, 1.165) is 11.3 Å². The quantitative estimate of drug-likeness (QED) is 0.559. The molecule has 1 aromatic heterocycles. The Labute approximate surface area is 142 Å². The van der Waals surface area contributed by atoms with E-state index < -0.39 is 0 Å². The van der Waals surface area contributed by atoms with Gasteiger partial charge in [0.25, 0.3) is 0 Å². The monoisotopic (exact) mass is 328 g/mol. The third kappa shape index (κ3) is 5.85. The van der Waals surface area contributed by atoms with Crippen molar-refractivity contribution in [1.82, 2.24) is 9.78 Å². The van der Waals surface area contributed by atoms with Crippen LogP contribution in [0.4, 0.5) is 0 Å². The fourth-order valence-electron chi connectivity index (χ4n) is 1.89. The van der Waals surface area contributed by atoms with E-state index in [1.54, 1.807) is 37.4 Å². The summed E-state index contributed by atoms with van der Waals surface area (Å²) in [6, 6.07) is 1.78.